The molecule has 0 unspecified atom stereocenters. The molecule has 6 nitrogen and oxygen atoms in total. The summed E-state index contributed by atoms with van der Waals surface area (Å²) in [5.74, 6) is 0.766. The maximum Gasteiger partial charge on any atom is 0.266 e. The normalized spacial score (nSPS) is 10.9. The quantitative estimate of drug-likeness (QED) is 0.522. The van der Waals surface area contributed by atoms with E-state index in [-0.39, 0.29) is 11.5 Å². The zero-order chi connectivity index (χ0) is 20.5. The number of nitrogens with one attached hydrogen (secondary N) is 2. The van der Waals surface area contributed by atoms with E-state index in [1.807, 2.05) is 43.3 Å². The van der Waals surface area contributed by atoms with Gasteiger partial charge in [0.1, 0.15) is 16.4 Å². The smallest absolute Gasteiger partial charge is 0.266 e. The lowest BCUT2D eigenvalue weighted by Gasteiger charge is -2.09. The number of carbonyl (C=O) groups excluding carboxylic acids is 1. The van der Waals surface area contributed by atoms with Crippen molar-refractivity contribution in [2.45, 2.75) is 13.8 Å². The summed E-state index contributed by atoms with van der Waals surface area (Å²) in [5.41, 5.74) is 2.80. The van der Waals surface area contributed by atoms with E-state index in [0.29, 0.717) is 37.9 Å². The molecule has 0 aliphatic carbocycles. The summed E-state index contributed by atoms with van der Waals surface area (Å²) in [6.07, 6.45) is 0. The third kappa shape index (κ3) is 3.40. The Hall–Kier alpha value is -3.45. The second kappa shape index (κ2) is 7.52. The third-order valence-corrected chi connectivity index (χ3v) is 5.95. The summed E-state index contributed by atoms with van der Waals surface area (Å²) in [7, 11) is 1.55. The van der Waals surface area contributed by atoms with Gasteiger partial charge in [0.05, 0.1) is 23.1 Å². The van der Waals surface area contributed by atoms with Crippen LogP contribution in [0.25, 0.3) is 21.6 Å². The number of aromatic amines is 1. The molecule has 0 fully saturated rings. The molecule has 4 rings (SSSR count). The highest BCUT2D eigenvalue weighted by atomic mass is 32.1. The second-order valence-electron chi connectivity index (χ2n) is 6.62. The molecule has 0 saturated carbocycles. The molecule has 2 N–H and O–H groups in total. The number of rotatable bonds is 4. The van der Waals surface area contributed by atoms with Gasteiger partial charge >= 0.3 is 0 Å². The van der Waals surface area contributed by atoms with Crippen LogP contribution >= 0.6 is 11.3 Å². The van der Waals surface area contributed by atoms with Crippen molar-refractivity contribution in [2.75, 3.05) is 12.4 Å². The minimum atomic E-state index is -0.299. The fourth-order valence-corrected chi connectivity index (χ4v) is 4.33. The van der Waals surface area contributed by atoms with Gasteiger partial charge in [-0.1, -0.05) is 36.4 Å². The molecule has 0 aliphatic rings. The van der Waals surface area contributed by atoms with Crippen molar-refractivity contribution in [1.29, 1.82) is 0 Å². The zero-order valence-electron chi connectivity index (χ0n) is 16.2. The van der Waals surface area contributed by atoms with Crippen LogP contribution in [0.5, 0.6) is 5.75 Å². The van der Waals surface area contributed by atoms with Crippen molar-refractivity contribution >= 4 is 33.1 Å². The number of amides is 1. The fourth-order valence-electron chi connectivity index (χ4n) is 3.25. The summed E-state index contributed by atoms with van der Waals surface area (Å²) >= 11 is 1.21. The molecule has 0 bridgehead atoms. The predicted molar refractivity (Wildman–Crippen MR) is 116 cm³/mol. The Labute approximate surface area is 171 Å². The number of ether oxygens (including phenoxy) is 1. The van der Waals surface area contributed by atoms with Crippen molar-refractivity contribution in [3.05, 3.63) is 74.9 Å². The van der Waals surface area contributed by atoms with E-state index in [2.05, 4.69) is 15.3 Å². The van der Waals surface area contributed by atoms with E-state index in [0.717, 1.165) is 11.1 Å². The van der Waals surface area contributed by atoms with E-state index in [1.165, 1.54) is 11.3 Å². The molecule has 2 heterocycles. The van der Waals surface area contributed by atoms with Crippen LogP contribution in [-0.2, 0) is 0 Å². The van der Waals surface area contributed by atoms with E-state index in [4.69, 9.17) is 4.74 Å². The number of hydrogen-bond acceptors (Lipinski definition) is 5. The Morgan fingerprint density at radius 3 is 2.59 bits per heavy atom. The van der Waals surface area contributed by atoms with Crippen LogP contribution in [0.2, 0.25) is 0 Å². The largest absolute Gasteiger partial charge is 0.495 e. The topological polar surface area (TPSA) is 84.1 Å². The number of methoxy groups -OCH3 is 1. The first-order valence-electron chi connectivity index (χ1n) is 9.03. The highest BCUT2D eigenvalue weighted by Crippen LogP contribution is 2.31. The number of aromatic nitrogens is 2. The molecule has 0 spiro atoms. The van der Waals surface area contributed by atoms with Crippen LogP contribution in [0.15, 0.2) is 53.3 Å². The van der Waals surface area contributed by atoms with Crippen molar-refractivity contribution in [3.8, 4) is 17.1 Å². The number of carbonyl (C=O) groups is 1. The van der Waals surface area contributed by atoms with Gasteiger partial charge in [0.15, 0.2) is 0 Å². The number of benzene rings is 2. The molecule has 2 aromatic heterocycles. The van der Waals surface area contributed by atoms with Gasteiger partial charge in [-0.05, 0) is 37.1 Å². The first-order chi connectivity index (χ1) is 14.0. The third-order valence-electron chi connectivity index (χ3n) is 4.76. The standard InChI is InChI=1S/C22H19N3O3S/c1-12-8-4-5-9-14(12)19-24-20(26)17-13(2)18(29-22(17)25-19)21(27)23-15-10-6-7-11-16(15)28-3/h4-11H,1-3H3,(H,23,27)(H,24,25,26). The lowest BCUT2D eigenvalue weighted by atomic mass is 10.1. The second-order valence-corrected chi connectivity index (χ2v) is 7.62. The van der Waals surface area contributed by atoms with Crippen molar-refractivity contribution in [2.24, 2.45) is 0 Å². The first-order valence-corrected chi connectivity index (χ1v) is 9.85. The Morgan fingerprint density at radius 1 is 1.10 bits per heavy atom. The van der Waals surface area contributed by atoms with Gasteiger partial charge < -0.3 is 15.0 Å². The van der Waals surface area contributed by atoms with Crippen LogP contribution < -0.4 is 15.6 Å². The highest BCUT2D eigenvalue weighted by molar-refractivity contribution is 7.20. The number of fused-ring (bicyclic) bond motifs is 1. The summed E-state index contributed by atoms with van der Waals surface area (Å²) in [4.78, 5) is 34.1. The molecule has 4 aromatic rings. The fraction of sp³-hybridized carbons (Fsp3) is 0.136. The van der Waals surface area contributed by atoms with Gasteiger partial charge in [-0.15, -0.1) is 11.3 Å². The van der Waals surface area contributed by atoms with Crippen molar-refractivity contribution < 1.29 is 9.53 Å². The molecule has 29 heavy (non-hydrogen) atoms. The van der Waals surface area contributed by atoms with E-state index >= 15 is 0 Å². The number of aryl methyl sites for hydroxylation is 2. The lowest BCUT2D eigenvalue weighted by molar-refractivity contribution is 0.102. The molecular weight excluding hydrogens is 386 g/mol. The Balaban J connectivity index is 1.78. The monoisotopic (exact) mass is 405 g/mol. The number of anilines is 1. The van der Waals surface area contributed by atoms with E-state index in [1.54, 1.807) is 26.2 Å². The molecule has 7 heteroatoms. The van der Waals surface area contributed by atoms with Crippen LogP contribution in [0.4, 0.5) is 5.69 Å². The Bertz CT molecular complexity index is 1290. The lowest BCUT2D eigenvalue weighted by Crippen LogP contribution is -2.13. The number of nitrogens with zero attached hydrogens (tertiary/aromatic N) is 1. The molecule has 1 amide bonds. The number of thiophene rings is 1. The van der Waals surface area contributed by atoms with Gasteiger partial charge in [0.2, 0.25) is 0 Å². The summed E-state index contributed by atoms with van der Waals surface area (Å²) < 4.78 is 5.29. The van der Waals surface area contributed by atoms with E-state index < -0.39 is 0 Å². The Morgan fingerprint density at radius 2 is 1.83 bits per heavy atom. The van der Waals surface area contributed by atoms with Crippen LogP contribution in [0.1, 0.15) is 20.8 Å². The number of H-pyrrole nitrogens is 1. The van der Waals surface area contributed by atoms with Crippen LogP contribution in [-0.4, -0.2) is 23.0 Å². The van der Waals surface area contributed by atoms with Gasteiger partial charge in [-0.2, -0.15) is 0 Å². The maximum atomic E-state index is 12.9. The summed E-state index contributed by atoms with van der Waals surface area (Å²) in [6, 6.07) is 14.9. The van der Waals surface area contributed by atoms with Gasteiger partial charge in [0.25, 0.3) is 11.5 Å². The average Bonchev–Trinajstić information content (AvgIpc) is 3.05. The maximum absolute atomic E-state index is 12.9. The summed E-state index contributed by atoms with van der Waals surface area (Å²) in [6.45, 7) is 3.73. The first kappa shape index (κ1) is 18.9. The van der Waals surface area contributed by atoms with E-state index in [9.17, 15) is 9.59 Å². The minimum absolute atomic E-state index is 0.252. The van der Waals surface area contributed by atoms with Crippen molar-refractivity contribution in [1.82, 2.24) is 9.97 Å². The molecule has 0 aliphatic heterocycles. The van der Waals surface area contributed by atoms with Crippen LogP contribution in [0.3, 0.4) is 0 Å². The molecule has 146 valence electrons. The average molecular weight is 405 g/mol. The zero-order valence-corrected chi connectivity index (χ0v) is 17.0. The van der Waals surface area contributed by atoms with Gasteiger partial charge in [0, 0.05) is 5.56 Å². The van der Waals surface area contributed by atoms with Gasteiger partial charge in [-0.25, -0.2) is 4.98 Å². The highest BCUT2D eigenvalue weighted by Gasteiger charge is 2.20. The summed E-state index contributed by atoms with van der Waals surface area (Å²) in [5, 5.41) is 3.30. The molecule has 2 aromatic carbocycles. The molecular formula is C22H19N3O3S. The molecule has 0 atom stereocenters. The minimum Gasteiger partial charge on any atom is -0.495 e. The number of para-hydroxylation sites is 2. The van der Waals surface area contributed by atoms with Gasteiger partial charge in [-0.3, -0.25) is 9.59 Å². The molecule has 0 saturated heterocycles. The molecule has 0 radical (unpaired) electrons. The SMILES string of the molecule is COc1ccccc1NC(=O)c1sc2nc(-c3ccccc3C)[nH]c(=O)c2c1C. The number of hydrogen-bond donors (Lipinski definition) is 2. The Kier molecular flexibility index (Phi) is 4.90. The van der Waals surface area contributed by atoms with Crippen molar-refractivity contribution in [3.63, 3.8) is 0 Å². The van der Waals surface area contributed by atoms with Crippen LogP contribution in [0, 0.1) is 13.8 Å². The predicted octanol–water partition coefficient (Wildman–Crippen LogP) is 4.53.